The van der Waals surface area contributed by atoms with E-state index in [4.69, 9.17) is 21.4 Å². The highest BCUT2D eigenvalue weighted by atomic mass is 35.7. The summed E-state index contributed by atoms with van der Waals surface area (Å²) in [5, 5.41) is 1.65. The molecule has 2 N–H and O–H groups in total. The van der Waals surface area contributed by atoms with Crippen LogP contribution in [0.5, 0.6) is 0 Å². The summed E-state index contributed by atoms with van der Waals surface area (Å²) in [7, 11) is 2.33. The number of hydrogen-bond donors (Lipinski definition) is 2. The molecule has 2 aliphatic carbocycles. The number of halogens is 8. The lowest BCUT2D eigenvalue weighted by Crippen LogP contribution is -2.53. The Labute approximate surface area is 262 Å². The fourth-order valence-corrected chi connectivity index (χ4v) is 8.15. The minimum Gasteiger partial charge on any atom is -0.310 e. The van der Waals surface area contributed by atoms with Gasteiger partial charge >= 0.3 is 12.4 Å². The van der Waals surface area contributed by atoms with Crippen molar-refractivity contribution in [2.75, 3.05) is 0 Å². The molecular weight excluding hydrogens is 677 g/mol. The van der Waals surface area contributed by atoms with Crippen LogP contribution in [0.4, 0.5) is 26.3 Å². The molecule has 2 aliphatic rings. The highest BCUT2D eigenvalue weighted by Crippen LogP contribution is 2.41. The van der Waals surface area contributed by atoms with Crippen LogP contribution in [0, 0.1) is 0 Å². The van der Waals surface area contributed by atoms with E-state index in [0.717, 1.165) is 55.7 Å². The zero-order chi connectivity index (χ0) is 32.8. The first-order valence-electron chi connectivity index (χ1n) is 14.1. The first kappa shape index (κ1) is 36.9. The lowest BCUT2D eigenvalue weighted by molar-refractivity contribution is -0.139. The summed E-state index contributed by atoms with van der Waals surface area (Å²) in [5.41, 5.74) is -3.56. The van der Waals surface area contributed by atoms with Gasteiger partial charge in [0.2, 0.25) is 9.05 Å². The smallest absolute Gasteiger partial charge is 0.310 e. The fourth-order valence-electron chi connectivity index (χ4n) is 5.80. The van der Waals surface area contributed by atoms with Crippen molar-refractivity contribution in [3.8, 4) is 0 Å². The van der Waals surface area contributed by atoms with Crippen LogP contribution < -0.4 is 10.0 Å². The van der Waals surface area contributed by atoms with Gasteiger partial charge in [0, 0.05) is 39.5 Å². The molecule has 0 heterocycles. The van der Waals surface area contributed by atoms with Gasteiger partial charge < -0.3 is 5.32 Å². The molecule has 2 fully saturated rings. The highest BCUT2D eigenvalue weighted by Gasteiger charge is 2.40. The van der Waals surface area contributed by atoms with Crippen molar-refractivity contribution in [3.05, 3.63) is 70.8 Å². The molecule has 0 aromatic heterocycles. The first-order valence-corrected chi connectivity index (χ1v) is 18.8. The molecule has 0 aliphatic heterocycles. The molecular formula is C28H34Cl2F6N2O4S2. The average Bonchev–Trinajstić information content (AvgIpc) is 2.92. The fraction of sp³-hybridized carbons (Fsp3) is 0.571. The van der Waals surface area contributed by atoms with Crippen molar-refractivity contribution in [1.82, 2.24) is 10.0 Å². The predicted octanol–water partition coefficient (Wildman–Crippen LogP) is 7.87. The SMILES string of the molecule is O=S(=O)(Cl)C(Cc1ccccc1C(F)(F)F)c1ccccc1C(F)(F)F.O=S(=O)(Cl)NC1CCCCC1NC1CCCCC1. The van der Waals surface area contributed by atoms with E-state index in [1.54, 1.807) is 0 Å². The van der Waals surface area contributed by atoms with Gasteiger partial charge in [-0.25, -0.2) is 8.42 Å². The second-order valence-corrected chi connectivity index (χ2v) is 16.1. The first-order chi connectivity index (χ1) is 20.4. The van der Waals surface area contributed by atoms with E-state index in [9.17, 15) is 43.2 Å². The van der Waals surface area contributed by atoms with Gasteiger partial charge in [-0.05, 0) is 55.4 Å². The molecule has 0 bridgehead atoms. The average molecular weight is 712 g/mol. The largest absolute Gasteiger partial charge is 0.416 e. The Morgan fingerprint density at radius 2 is 1.20 bits per heavy atom. The second kappa shape index (κ2) is 15.3. The van der Waals surface area contributed by atoms with E-state index < -0.39 is 64.6 Å². The van der Waals surface area contributed by atoms with Gasteiger partial charge in [-0.3, -0.25) is 0 Å². The Morgan fingerprint density at radius 1 is 0.705 bits per heavy atom. The monoisotopic (exact) mass is 710 g/mol. The number of benzene rings is 2. The summed E-state index contributed by atoms with van der Waals surface area (Å²) < 4.78 is 128. The molecule has 2 saturated carbocycles. The summed E-state index contributed by atoms with van der Waals surface area (Å²) in [6.07, 6.45) is -0.00901. The van der Waals surface area contributed by atoms with Crippen LogP contribution in [-0.2, 0) is 37.1 Å². The third-order valence-corrected chi connectivity index (χ3v) is 10.4. The van der Waals surface area contributed by atoms with Crippen LogP contribution in [0.1, 0.15) is 85.3 Å². The molecule has 2 aromatic carbocycles. The maximum Gasteiger partial charge on any atom is 0.416 e. The highest BCUT2D eigenvalue weighted by molar-refractivity contribution is 8.14. The van der Waals surface area contributed by atoms with Crippen LogP contribution in [-0.4, -0.2) is 35.0 Å². The van der Waals surface area contributed by atoms with E-state index in [2.05, 4.69) is 10.0 Å². The molecule has 0 spiro atoms. The Morgan fingerprint density at radius 3 is 1.75 bits per heavy atom. The van der Waals surface area contributed by atoms with Gasteiger partial charge in [-0.1, -0.05) is 68.5 Å². The zero-order valence-corrected chi connectivity index (χ0v) is 26.6. The van der Waals surface area contributed by atoms with Gasteiger partial charge in [-0.2, -0.15) is 39.5 Å². The van der Waals surface area contributed by atoms with Crippen molar-refractivity contribution in [3.63, 3.8) is 0 Å². The molecule has 0 amide bonds. The van der Waals surface area contributed by atoms with Crippen molar-refractivity contribution < 1.29 is 43.2 Å². The quantitative estimate of drug-likeness (QED) is 0.215. The van der Waals surface area contributed by atoms with Crippen molar-refractivity contribution >= 4 is 39.7 Å². The molecule has 248 valence electrons. The standard InChI is InChI=1S/C16H11ClF6O2S.C12H23ClN2O2S/c17-26(24,25)14(11-6-2-4-8-13(11)16(21,22)23)9-10-5-1-3-7-12(10)15(18,19)20;13-18(16,17)15-12-9-5-4-8-11(12)14-10-6-2-1-3-7-10/h1-8,14H,9H2;10-12,14-15H,1-9H2. The molecule has 6 nitrogen and oxygen atoms in total. The van der Waals surface area contributed by atoms with Gasteiger partial charge in [0.25, 0.3) is 9.24 Å². The number of rotatable bonds is 8. The van der Waals surface area contributed by atoms with Crippen LogP contribution in [0.3, 0.4) is 0 Å². The van der Waals surface area contributed by atoms with Gasteiger partial charge in [0.15, 0.2) is 0 Å². The van der Waals surface area contributed by atoms with Crippen molar-refractivity contribution in [2.45, 2.75) is 99.9 Å². The van der Waals surface area contributed by atoms with E-state index in [1.165, 1.54) is 44.6 Å². The maximum absolute atomic E-state index is 13.2. The van der Waals surface area contributed by atoms with Crippen molar-refractivity contribution in [2.24, 2.45) is 0 Å². The molecule has 3 unspecified atom stereocenters. The van der Waals surface area contributed by atoms with Crippen LogP contribution in [0.15, 0.2) is 48.5 Å². The Kier molecular flexibility index (Phi) is 12.9. The predicted molar refractivity (Wildman–Crippen MR) is 158 cm³/mol. The normalized spacial score (nSPS) is 21.3. The summed E-state index contributed by atoms with van der Waals surface area (Å²) >= 11 is 0. The van der Waals surface area contributed by atoms with E-state index >= 15 is 0 Å². The number of alkyl halides is 6. The molecule has 0 saturated heterocycles. The van der Waals surface area contributed by atoms with Crippen LogP contribution in [0.2, 0.25) is 0 Å². The molecule has 2 aromatic rings. The lowest BCUT2D eigenvalue weighted by Gasteiger charge is -2.36. The Hall–Kier alpha value is -1.58. The maximum atomic E-state index is 13.2. The molecule has 16 heteroatoms. The van der Waals surface area contributed by atoms with Gasteiger partial charge in [0.05, 0.1) is 11.1 Å². The molecule has 3 atom stereocenters. The molecule has 44 heavy (non-hydrogen) atoms. The zero-order valence-electron chi connectivity index (χ0n) is 23.5. The topological polar surface area (TPSA) is 92.3 Å². The molecule has 0 radical (unpaired) electrons. The minimum atomic E-state index is -4.89. The molecule has 4 rings (SSSR count). The summed E-state index contributed by atoms with van der Waals surface area (Å²) in [4.78, 5) is 0. The Bertz CT molecular complexity index is 1450. The third kappa shape index (κ3) is 11.3. The third-order valence-electron chi connectivity index (χ3n) is 7.79. The second-order valence-electron chi connectivity index (χ2n) is 11.0. The summed E-state index contributed by atoms with van der Waals surface area (Å²) in [6, 6.07) is 8.59. The van der Waals surface area contributed by atoms with Crippen LogP contribution >= 0.6 is 21.4 Å². The summed E-state index contributed by atoms with van der Waals surface area (Å²) in [5.74, 6) is 0. The van der Waals surface area contributed by atoms with E-state index in [-0.39, 0.29) is 12.1 Å². The number of nitrogens with one attached hydrogen (secondary N) is 2. The Balaban J connectivity index is 0.000000257. The summed E-state index contributed by atoms with van der Waals surface area (Å²) in [6.45, 7) is 0. The van der Waals surface area contributed by atoms with Crippen molar-refractivity contribution in [1.29, 1.82) is 0 Å². The number of hydrogen-bond acceptors (Lipinski definition) is 5. The van der Waals surface area contributed by atoms with Gasteiger partial charge in [-0.15, -0.1) is 0 Å². The van der Waals surface area contributed by atoms with E-state index in [1.807, 2.05) is 0 Å². The van der Waals surface area contributed by atoms with E-state index in [0.29, 0.717) is 12.1 Å². The van der Waals surface area contributed by atoms with Crippen LogP contribution in [0.25, 0.3) is 0 Å². The lowest BCUT2D eigenvalue weighted by atomic mass is 9.88. The van der Waals surface area contributed by atoms with Gasteiger partial charge in [0.1, 0.15) is 5.25 Å². The minimum absolute atomic E-state index is 0.0387.